The quantitative estimate of drug-likeness (QED) is 0.845. The number of nitrogens with one attached hydrogen (secondary N) is 1. The Morgan fingerprint density at radius 2 is 2.17 bits per heavy atom. The van der Waals surface area contributed by atoms with E-state index in [1.165, 1.54) is 5.56 Å². The number of anilines is 1. The number of nitrogens with zero attached hydrogens (tertiary/aromatic N) is 2. The molecule has 0 aliphatic heterocycles. The summed E-state index contributed by atoms with van der Waals surface area (Å²) in [5.74, 6) is 1.83. The van der Waals surface area contributed by atoms with Crippen LogP contribution >= 0.6 is 27.7 Å². The molecule has 0 unspecified atom stereocenters. The van der Waals surface area contributed by atoms with Gasteiger partial charge in [-0.25, -0.2) is 9.97 Å². The molecular weight excluding hydrogens is 310 g/mol. The van der Waals surface area contributed by atoms with Crippen LogP contribution in [0.1, 0.15) is 12.5 Å². The van der Waals surface area contributed by atoms with Crippen molar-refractivity contribution in [3.05, 3.63) is 46.7 Å². The van der Waals surface area contributed by atoms with E-state index < -0.39 is 0 Å². The molecule has 2 aromatic rings. The summed E-state index contributed by atoms with van der Waals surface area (Å²) in [5, 5.41) is 4.24. The van der Waals surface area contributed by atoms with E-state index in [1.54, 1.807) is 11.8 Å². The molecule has 2 aromatic heterocycles. The molecule has 1 N–H and O–H groups in total. The van der Waals surface area contributed by atoms with Crippen LogP contribution in [0.3, 0.4) is 0 Å². The predicted octanol–water partition coefficient (Wildman–Crippen LogP) is 3.96. The number of aromatic nitrogens is 2. The minimum absolute atomic E-state index is 0.887. The maximum absolute atomic E-state index is 4.34. The zero-order valence-electron chi connectivity index (χ0n) is 10.1. The predicted molar refractivity (Wildman–Crippen MR) is 79.9 cm³/mol. The van der Waals surface area contributed by atoms with Crippen LogP contribution < -0.4 is 5.32 Å². The minimum atomic E-state index is 0.887. The Bertz CT molecular complexity index is 502. The van der Waals surface area contributed by atoms with Crippen LogP contribution in [0.2, 0.25) is 0 Å². The topological polar surface area (TPSA) is 37.8 Å². The molecule has 0 radical (unpaired) electrons. The Labute approximate surface area is 120 Å². The zero-order chi connectivity index (χ0) is 12.8. The molecule has 5 heteroatoms. The van der Waals surface area contributed by atoms with Crippen LogP contribution in [0.25, 0.3) is 0 Å². The fraction of sp³-hybridized carbons (Fsp3) is 0.231. The van der Waals surface area contributed by atoms with E-state index in [4.69, 9.17) is 0 Å². The third-order valence-electron chi connectivity index (χ3n) is 2.27. The molecule has 0 atom stereocenters. The third-order valence-corrected chi connectivity index (χ3v) is 3.75. The Morgan fingerprint density at radius 3 is 2.89 bits per heavy atom. The van der Waals surface area contributed by atoms with Crippen molar-refractivity contribution in [1.29, 1.82) is 0 Å². The van der Waals surface area contributed by atoms with Crippen molar-refractivity contribution in [2.24, 2.45) is 0 Å². The first kappa shape index (κ1) is 13.4. The summed E-state index contributed by atoms with van der Waals surface area (Å²) in [6.45, 7) is 2.95. The van der Waals surface area contributed by atoms with E-state index in [-0.39, 0.29) is 0 Å². The highest BCUT2D eigenvalue weighted by Gasteiger charge is 1.99. The molecule has 0 spiro atoms. The zero-order valence-corrected chi connectivity index (χ0v) is 12.5. The fourth-order valence-electron chi connectivity index (χ4n) is 1.45. The first-order valence-corrected chi connectivity index (χ1v) is 7.49. The van der Waals surface area contributed by atoms with Crippen LogP contribution in [-0.4, -0.2) is 16.5 Å². The maximum atomic E-state index is 4.34. The van der Waals surface area contributed by atoms with Gasteiger partial charge in [0.05, 0.1) is 5.03 Å². The lowest BCUT2D eigenvalue weighted by molar-refractivity contribution is 1.12. The third kappa shape index (κ3) is 3.99. The van der Waals surface area contributed by atoms with E-state index in [0.29, 0.717) is 0 Å². The molecule has 0 saturated heterocycles. The van der Waals surface area contributed by atoms with Gasteiger partial charge in [0.1, 0.15) is 5.82 Å². The number of rotatable bonds is 5. The largest absolute Gasteiger partial charge is 0.370 e. The van der Waals surface area contributed by atoms with Gasteiger partial charge in [0.2, 0.25) is 0 Å². The monoisotopic (exact) mass is 323 g/mol. The van der Waals surface area contributed by atoms with Gasteiger partial charge in [-0.15, -0.1) is 11.8 Å². The van der Waals surface area contributed by atoms with Crippen molar-refractivity contribution in [3.63, 3.8) is 0 Å². The van der Waals surface area contributed by atoms with Gasteiger partial charge in [-0.3, -0.25) is 0 Å². The van der Waals surface area contributed by atoms with E-state index in [9.17, 15) is 0 Å². The Morgan fingerprint density at radius 1 is 1.28 bits per heavy atom. The normalized spacial score (nSPS) is 10.3. The summed E-state index contributed by atoms with van der Waals surface area (Å²) < 4.78 is 1.00. The number of hydrogen-bond donors (Lipinski definition) is 1. The van der Waals surface area contributed by atoms with Crippen LogP contribution in [0, 0.1) is 0 Å². The van der Waals surface area contributed by atoms with Crippen molar-refractivity contribution in [1.82, 2.24) is 9.97 Å². The summed E-state index contributed by atoms with van der Waals surface area (Å²) in [7, 11) is 0. The molecule has 0 saturated carbocycles. The van der Waals surface area contributed by atoms with Crippen molar-refractivity contribution in [2.75, 3.05) is 11.9 Å². The highest BCUT2D eigenvalue weighted by Crippen LogP contribution is 2.22. The molecule has 2 rings (SSSR count). The highest BCUT2D eigenvalue weighted by molar-refractivity contribution is 9.10. The van der Waals surface area contributed by atoms with E-state index >= 15 is 0 Å². The summed E-state index contributed by atoms with van der Waals surface area (Å²) in [5.41, 5.74) is 1.25. The smallest absolute Gasteiger partial charge is 0.126 e. The summed E-state index contributed by atoms with van der Waals surface area (Å²) in [6.07, 6.45) is 3.65. The Balaban J connectivity index is 1.97. The molecule has 0 aliphatic rings. The second-order valence-corrected chi connectivity index (χ2v) is 5.59. The molecule has 2 heterocycles. The van der Waals surface area contributed by atoms with E-state index in [2.05, 4.69) is 44.2 Å². The molecule has 0 aromatic carbocycles. The van der Waals surface area contributed by atoms with Gasteiger partial charge in [-0.05, 0) is 52.7 Å². The van der Waals surface area contributed by atoms with E-state index in [0.717, 1.165) is 27.6 Å². The van der Waals surface area contributed by atoms with Gasteiger partial charge < -0.3 is 5.32 Å². The minimum Gasteiger partial charge on any atom is -0.370 e. The first-order chi connectivity index (χ1) is 8.78. The number of hydrogen-bond acceptors (Lipinski definition) is 4. The lowest BCUT2D eigenvalue weighted by atomic mass is 10.3. The van der Waals surface area contributed by atoms with Gasteiger partial charge in [-0.1, -0.05) is 0 Å². The standard InChI is InChI=1S/C13H14BrN3S/c1-2-15-12-7-10(5-6-16-12)9-18-13-4-3-11(14)8-17-13/h3-8H,2,9H2,1H3,(H,15,16). The summed E-state index contributed by atoms with van der Waals surface area (Å²) in [6, 6.07) is 8.13. The van der Waals surface area contributed by atoms with E-state index in [1.807, 2.05) is 30.6 Å². The van der Waals surface area contributed by atoms with Crippen LogP contribution in [0.15, 0.2) is 46.2 Å². The molecule has 0 fully saturated rings. The molecule has 94 valence electrons. The van der Waals surface area contributed by atoms with Crippen LogP contribution in [0.4, 0.5) is 5.82 Å². The van der Waals surface area contributed by atoms with Gasteiger partial charge in [0.25, 0.3) is 0 Å². The molecule has 3 nitrogen and oxygen atoms in total. The first-order valence-electron chi connectivity index (χ1n) is 5.71. The van der Waals surface area contributed by atoms with Gasteiger partial charge in [-0.2, -0.15) is 0 Å². The number of pyridine rings is 2. The summed E-state index contributed by atoms with van der Waals surface area (Å²) >= 11 is 5.10. The number of thioether (sulfide) groups is 1. The average molecular weight is 324 g/mol. The SMILES string of the molecule is CCNc1cc(CSc2ccc(Br)cn2)ccn1. The van der Waals surface area contributed by atoms with Gasteiger partial charge >= 0.3 is 0 Å². The van der Waals surface area contributed by atoms with Crippen molar-refractivity contribution in [3.8, 4) is 0 Å². The average Bonchev–Trinajstić information content (AvgIpc) is 2.39. The van der Waals surface area contributed by atoms with Crippen molar-refractivity contribution < 1.29 is 0 Å². The molecule has 0 aliphatic carbocycles. The van der Waals surface area contributed by atoms with Crippen molar-refractivity contribution in [2.45, 2.75) is 17.7 Å². The molecule has 0 bridgehead atoms. The number of halogens is 1. The lowest BCUT2D eigenvalue weighted by Crippen LogP contribution is -1.99. The molecule has 18 heavy (non-hydrogen) atoms. The van der Waals surface area contributed by atoms with Crippen LogP contribution in [-0.2, 0) is 5.75 Å². The molecule has 0 amide bonds. The Kier molecular flexibility index (Phi) is 5.01. The Hall–Kier alpha value is -1.07. The van der Waals surface area contributed by atoms with Crippen molar-refractivity contribution >= 4 is 33.5 Å². The second-order valence-electron chi connectivity index (χ2n) is 3.68. The van der Waals surface area contributed by atoms with Crippen LogP contribution in [0.5, 0.6) is 0 Å². The van der Waals surface area contributed by atoms with Gasteiger partial charge in [0, 0.05) is 29.2 Å². The lowest BCUT2D eigenvalue weighted by Gasteiger charge is -2.05. The maximum Gasteiger partial charge on any atom is 0.126 e. The second kappa shape index (κ2) is 6.75. The fourth-order valence-corrected chi connectivity index (χ4v) is 2.47. The summed E-state index contributed by atoms with van der Waals surface area (Å²) in [4.78, 5) is 8.59. The van der Waals surface area contributed by atoms with Gasteiger partial charge in [0.15, 0.2) is 0 Å². The molecular formula is C13H14BrN3S. The highest BCUT2D eigenvalue weighted by atomic mass is 79.9.